The molecule has 0 aliphatic carbocycles. The lowest BCUT2D eigenvalue weighted by molar-refractivity contribution is 0.949. The van der Waals surface area contributed by atoms with Gasteiger partial charge in [-0.1, -0.05) is 33.5 Å². The Morgan fingerprint density at radius 2 is 1.38 bits per heavy atom. The Labute approximate surface area is 165 Å². The zero-order chi connectivity index (χ0) is 16.5. The van der Waals surface area contributed by atoms with Gasteiger partial charge in [0.05, 0.1) is 0 Å². The van der Waals surface area contributed by atoms with Crippen LogP contribution in [0.1, 0.15) is 36.8 Å². The molecule has 2 fully saturated rings. The third-order valence-electron chi connectivity index (χ3n) is 5.01. The molecule has 0 amide bonds. The van der Waals surface area contributed by atoms with Crippen molar-refractivity contribution in [1.82, 2.24) is 0 Å². The number of anilines is 1. The zero-order valence-electron chi connectivity index (χ0n) is 14.7. The Balaban J connectivity index is 0.00000208. The summed E-state index contributed by atoms with van der Waals surface area (Å²) in [6.07, 6.45) is 5.25. The lowest BCUT2D eigenvalue weighted by Crippen LogP contribution is -2.13. The number of halogens is 3. The first-order valence-electron chi connectivity index (χ1n) is 8.60. The van der Waals surface area contributed by atoms with E-state index in [-0.39, 0.29) is 12.4 Å². The van der Waals surface area contributed by atoms with Crippen LogP contribution in [0.2, 0.25) is 0 Å². The van der Waals surface area contributed by atoms with Crippen LogP contribution in [0, 0.1) is 0 Å². The molecular weight excluding hydrogens is 401 g/mol. The van der Waals surface area contributed by atoms with Crippen molar-refractivity contribution in [3.63, 3.8) is 0 Å². The minimum absolute atomic E-state index is 0. The van der Waals surface area contributed by atoms with Gasteiger partial charge in [-0.25, -0.2) is 0 Å². The summed E-state index contributed by atoms with van der Waals surface area (Å²) in [4.78, 5) is 2.25. The summed E-state index contributed by atoms with van der Waals surface area (Å²) in [6.45, 7) is 0. The summed E-state index contributed by atoms with van der Waals surface area (Å²) in [5.74, 6) is 7.09. The Morgan fingerprint density at radius 3 is 1.88 bits per heavy atom. The molecule has 0 bridgehead atoms. The third-order valence-corrected chi connectivity index (χ3v) is 13.3. The van der Waals surface area contributed by atoms with E-state index >= 15 is 0 Å². The van der Waals surface area contributed by atoms with E-state index in [0.29, 0.717) is 0 Å². The van der Waals surface area contributed by atoms with Crippen molar-refractivity contribution in [3.05, 3.63) is 29.3 Å². The first-order chi connectivity index (χ1) is 10.9. The van der Waals surface area contributed by atoms with Crippen LogP contribution >= 0.6 is 52.3 Å². The van der Waals surface area contributed by atoms with Gasteiger partial charge < -0.3 is 4.90 Å². The molecule has 0 N–H and O–H groups in total. The highest BCUT2D eigenvalue weighted by Gasteiger charge is 2.29. The van der Waals surface area contributed by atoms with Crippen molar-refractivity contribution < 1.29 is 0 Å². The predicted octanol–water partition coefficient (Wildman–Crippen LogP) is 6.68. The molecule has 6 heteroatoms. The minimum Gasteiger partial charge on any atom is -0.377 e. The highest BCUT2D eigenvalue weighted by atomic mass is 35.7. The third kappa shape index (κ3) is 5.07. The lowest BCUT2D eigenvalue weighted by atomic mass is 10.1. The molecule has 24 heavy (non-hydrogen) atoms. The van der Waals surface area contributed by atoms with Crippen molar-refractivity contribution in [2.24, 2.45) is 0 Å². The van der Waals surface area contributed by atoms with Gasteiger partial charge in [0.2, 0.25) is 0 Å². The monoisotopic (exact) mass is 429 g/mol. The molecule has 2 heterocycles. The lowest BCUT2D eigenvalue weighted by Gasteiger charge is -2.31. The first-order valence-corrected chi connectivity index (χ1v) is 14.5. The van der Waals surface area contributed by atoms with Gasteiger partial charge in [0.1, 0.15) is 0 Å². The molecule has 0 atom stereocenters. The van der Waals surface area contributed by atoms with Crippen LogP contribution < -0.4 is 4.90 Å². The normalized spacial score (nSPS) is 24.2. The van der Waals surface area contributed by atoms with Crippen LogP contribution in [0.3, 0.4) is 0 Å². The van der Waals surface area contributed by atoms with Gasteiger partial charge in [0.25, 0.3) is 0 Å². The number of rotatable bonds is 5. The molecule has 3 rings (SSSR count). The van der Waals surface area contributed by atoms with Crippen LogP contribution in [-0.2, 0) is 11.5 Å². The number of hydrogen-bond donors (Lipinski definition) is 0. The van der Waals surface area contributed by atoms with Gasteiger partial charge in [-0.15, -0.1) is 12.4 Å². The maximum Gasteiger partial charge on any atom is 0.0404 e. The van der Waals surface area contributed by atoms with Gasteiger partial charge in [0, 0.05) is 31.3 Å². The van der Waals surface area contributed by atoms with E-state index in [4.69, 9.17) is 21.4 Å². The first kappa shape index (κ1) is 20.9. The second kappa shape index (κ2) is 8.52. The fourth-order valence-electron chi connectivity index (χ4n) is 3.75. The van der Waals surface area contributed by atoms with Crippen molar-refractivity contribution in [2.75, 3.05) is 42.0 Å². The molecule has 2 aliphatic heterocycles. The summed E-state index contributed by atoms with van der Waals surface area (Å²) < 4.78 is 0. The van der Waals surface area contributed by atoms with E-state index in [9.17, 15) is 0 Å². The Morgan fingerprint density at radius 1 is 0.875 bits per heavy atom. The van der Waals surface area contributed by atoms with Gasteiger partial charge in [-0.05, 0) is 65.9 Å². The fraction of sp³-hybridized carbons (Fsp3) is 0.667. The molecule has 2 aliphatic rings. The highest BCUT2D eigenvalue weighted by molar-refractivity contribution is 8.51. The SMILES string of the molecule is CN(C)c1cc(CS2(Cl)CCCC2)ccc1CS1(Cl)CCCC1.Cl. The standard InChI is InChI=1S/C18H29Cl2NS2.ClH/c1-21(2)18-13-16(14-22(19)9-3-4-10-22)7-8-17(18)15-23(20)11-5-6-12-23;/h7-8,13H,3-6,9-12,14-15H2,1-2H3;1H. The average Bonchev–Trinajstić information content (AvgIpc) is 3.10. The smallest absolute Gasteiger partial charge is 0.0404 e. The topological polar surface area (TPSA) is 3.24 Å². The van der Waals surface area contributed by atoms with E-state index in [1.807, 2.05) is 0 Å². The maximum atomic E-state index is 6.93. The molecule has 0 saturated carbocycles. The van der Waals surface area contributed by atoms with Crippen LogP contribution in [-0.4, -0.2) is 37.1 Å². The molecule has 1 nitrogen and oxygen atoms in total. The summed E-state index contributed by atoms with van der Waals surface area (Å²) in [5.41, 5.74) is 4.18. The summed E-state index contributed by atoms with van der Waals surface area (Å²) >= 11 is 0. The maximum absolute atomic E-state index is 6.93. The molecule has 0 radical (unpaired) electrons. The van der Waals surface area contributed by atoms with Gasteiger partial charge in [-0.2, -0.15) is 18.5 Å². The molecule has 1 aromatic rings. The fourth-order valence-corrected chi connectivity index (χ4v) is 11.2. The molecule has 0 spiro atoms. The van der Waals surface area contributed by atoms with Gasteiger partial charge in [-0.3, -0.25) is 0 Å². The largest absolute Gasteiger partial charge is 0.377 e. The highest BCUT2D eigenvalue weighted by Crippen LogP contribution is 2.62. The summed E-state index contributed by atoms with van der Waals surface area (Å²) in [7, 11) is 16.3. The Hall–Kier alpha value is 0.590. The second-order valence-corrected chi connectivity index (χ2v) is 17.2. The van der Waals surface area contributed by atoms with Gasteiger partial charge in [0.15, 0.2) is 0 Å². The average molecular weight is 431 g/mol. The van der Waals surface area contributed by atoms with Crippen molar-refractivity contribution in [2.45, 2.75) is 37.2 Å². The molecule has 0 unspecified atom stereocenters. The van der Waals surface area contributed by atoms with Crippen LogP contribution in [0.5, 0.6) is 0 Å². The predicted molar refractivity (Wildman–Crippen MR) is 120 cm³/mol. The number of nitrogens with zero attached hydrogens (tertiary/aromatic N) is 1. The van der Waals surface area contributed by atoms with Crippen molar-refractivity contribution >= 4 is 57.9 Å². The van der Waals surface area contributed by atoms with Crippen LogP contribution in [0.4, 0.5) is 5.69 Å². The van der Waals surface area contributed by atoms with Gasteiger partial charge >= 0.3 is 0 Å². The van der Waals surface area contributed by atoms with Crippen LogP contribution in [0.25, 0.3) is 0 Å². The van der Waals surface area contributed by atoms with E-state index < -0.39 is 18.5 Å². The van der Waals surface area contributed by atoms with E-state index in [0.717, 1.165) is 11.5 Å². The molecular formula is C18H30Cl3NS2. The molecule has 1 aromatic carbocycles. The van der Waals surface area contributed by atoms with Crippen LogP contribution in [0.15, 0.2) is 18.2 Å². The summed E-state index contributed by atoms with van der Waals surface area (Å²) in [5, 5.41) is 0. The molecule has 0 aromatic heterocycles. The summed E-state index contributed by atoms with van der Waals surface area (Å²) in [6, 6.07) is 7.01. The van der Waals surface area contributed by atoms with E-state index in [1.54, 1.807) is 0 Å². The zero-order valence-corrected chi connectivity index (χ0v) is 18.7. The molecule has 2 saturated heterocycles. The van der Waals surface area contributed by atoms with Crippen molar-refractivity contribution in [3.8, 4) is 0 Å². The quantitative estimate of drug-likeness (QED) is 0.503. The minimum atomic E-state index is -0.935. The van der Waals surface area contributed by atoms with E-state index in [1.165, 1.54) is 65.5 Å². The van der Waals surface area contributed by atoms with Crippen molar-refractivity contribution in [1.29, 1.82) is 0 Å². The van der Waals surface area contributed by atoms with E-state index in [2.05, 4.69) is 37.2 Å². The Bertz CT molecular complexity index is 553. The molecule has 140 valence electrons. The number of benzene rings is 1. The second-order valence-electron chi connectivity index (χ2n) is 7.26. The number of hydrogen-bond acceptors (Lipinski definition) is 1. The Kier molecular flexibility index (Phi) is 7.42.